The number of thiazole rings is 1. The van der Waals surface area contributed by atoms with Gasteiger partial charge in [-0.2, -0.15) is 8.78 Å². The van der Waals surface area contributed by atoms with Crippen LogP contribution in [0.15, 0.2) is 5.38 Å². The van der Waals surface area contributed by atoms with Gasteiger partial charge < -0.3 is 5.73 Å². The summed E-state index contributed by atoms with van der Waals surface area (Å²) in [6.45, 7) is 1.29. The van der Waals surface area contributed by atoms with E-state index >= 15 is 0 Å². The van der Waals surface area contributed by atoms with Crippen molar-refractivity contribution >= 4 is 11.3 Å². The number of halogens is 2. The smallest absolute Gasteiger partial charge is 0.296 e. The van der Waals surface area contributed by atoms with Crippen molar-refractivity contribution in [2.24, 2.45) is 5.73 Å². The maximum absolute atomic E-state index is 12.6. The van der Waals surface area contributed by atoms with E-state index in [9.17, 15) is 8.78 Å². The van der Waals surface area contributed by atoms with Crippen LogP contribution in [-0.2, 0) is 12.3 Å². The van der Waals surface area contributed by atoms with Gasteiger partial charge in [0.25, 0.3) is 5.92 Å². The molecule has 5 heteroatoms. The first-order valence-corrected chi connectivity index (χ1v) is 4.45. The quantitative estimate of drug-likeness (QED) is 0.792. The molecule has 1 rings (SSSR count). The highest BCUT2D eigenvalue weighted by atomic mass is 32.1. The highest BCUT2D eigenvalue weighted by molar-refractivity contribution is 7.09. The molecule has 68 valence electrons. The summed E-state index contributed by atoms with van der Waals surface area (Å²) in [6.07, 6.45) is 0.562. The first-order chi connectivity index (χ1) is 5.54. The van der Waals surface area contributed by atoms with Crippen LogP contribution in [-0.4, -0.2) is 11.5 Å². The minimum Gasteiger partial charge on any atom is -0.330 e. The number of alkyl halides is 2. The average Bonchev–Trinajstić information content (AvgIpc) is 2.35. The van der Waals surface area contributed by atoms with E-state index in [0.29, 0.717) is 18.7 Å². The second-order valence-corrected chi connectivity index (χ2v) is 3.43. The topological polar surface area (TPSA) is 38.9 Å². The molecule has 0 fully saturated rings. The van der Waals surface area contributed by atoms with Gasteiger partial charge >= 0.3 is 0 Å². The van der Waals surface area contributed by atoms with Crippen LogP contribution in [0, 0.1) is 0 Å². The molecule has 1 aromatic rings. The summed E-state index contributed by atoms with van der Waals surface area (Å²) in [5, 5.41) is 1.49. The van der Waals surface area contributed by atoms with Crippen molar-refractivity contribution in [2.75, 3.05) is 6.54 Å². The Morgan fingerprint density at radius 2 is 2.33 bits per heavy atom. The van der Waals surface area contributed by atoms with Crippen LogP contribution in [0.3, 0.4) is 0 Å². The van der Waals surface area contributed by atoms with E-state index in [-0.39, 0.29) is 5.01 Å². The molecule has 0 atom stereocenters. The van der Waals surface area contributed by atoms with Crippen molar-refractivity contribution in [2.45, 2.75) is 19.3 Å². The Morgan fingerprint density at radius 3 is 2.75 bits per heavy atom. The fourth-order valence-electron chi connectivity index (χ4n) is 0.771. The van der Waals surface area contributed by atoms with Gasteiger partial charge in [0.15, 0.2) is 5.01 Å². The molecule has 1 heterocycles. The summed E-state index contributed by atoms with van der Waals surface area (Å²) in [5.74, 6) is -2.82. The van der Waals surface area contributed by atoms with Gasteiger partial charge in [-0.25, -0.2) is 4.98 Å². The number of nitrogens with two attached hydrogens (primary N) is 1. The lowest BCUT2D eigenvalue weighted by molar-refractivity contribution is 0.0171. The summed E-state index contributed by atoms with van der Waals surface area (Å²) in [6, 6.07) is 0. The normalized spacial score (nSPS) is 12.0. The average molecular weight is 192 g/mol. The van der Waals surface area contributed by atoms with Crippen molar-refractivity contribution in [1.29, 1.82) is 0 Å². The van der Waals surface area contributed by atoms with E-state index in [1.54, 1.807) is 5.38 Å². The summed E-state index contributed by atoms with van der Waals surface area (Å²) in [5.41, 5.74) is 5.91. The predicted molar refractivity (Wildman–Crippen MR) is 44.4 cm³/mol. The predicted octanol–water partition coefficient (Wildman–Crippen LogP) is 1.76. The minimum atomic E-state index is -2.82. The molecule has 0 aliphatic rings. The first-order valence-electron chi connectivity index (χ1n) is 3.57. The van der Waals surface area contributed by atoms with Crippen molar-refractivity contribution < 1.29 is 8.78 Å². The largest absolute Gasteiger partial charge is 0.330 e. The van der Waals surface area contributed by atoms with Gasteiger partial charge in [-0.05, 0) is 6.54 Å². The maximum Gasteiger partial charge on any atom is 0.296 e. The van der Waals surface area contributed by atoms with Crippen LogP contribution in [0.2, 0.25) is 0 Å². The Labute approximate surface area is 73.4 Å². The van der Waals surface area contributed by atoms with Crippen LogP contribution >= 0.6 is 11.3 Å². The van der Waals surface area contributed by atoms with E-state index in [1.165, 1.54) is 0 Å². The standard InChI is InChI=1S/C7H10F2N2S/c1-7(8,9)6-11-5(2-3-10)4-12-6/h4H,2-3,10H2,1H3. The number of hydrogen-bond acceptors (Lipinski definition) is 3. The number of hydrogen-bond donors (Lipinski definition) is 1. The van der Waals surface area contributed by atoms with E-state index in [2.05, 4.69) is 4.98 Å². The highest BCUT2D eigenvalue weighted by Crippen LogP contribution is 2.29. The lowest BCUT2D eigenvalue weighted by atomic mass is 10.3. The molecule has 0 saturated carbocycles. The van der Waals surface area contributed by atoms with Gasteiger partial charge in [-0.3, -0.25) is 0 Å². The maximum atomic E-state index is 12.6. The third kappa shape index (κ3) is 2.22. The Balaban J connectivity index is 2.77. The molecule has 0 unspecified atom stereocenters. The number of rotatable bonds is 3. The fraction of sp³-hybridized carbons (Fsp3) is 0.571. The molecule has 0 amide bonds. The summed E-state index contributed by atoms with van der Waals surface area (Å²) in [7, 11) is 0. The van der Waals surface area contributed by atoms with Crippen molar-refractivity contribution in [1.82, 2.24) is 4.98 Å². The van der Waals surface area contributed by atoms with E-state index < -0.39 is 5.92 Å². The fourth-order valence-corrected chi connectivity index (χ4v) is 1.57. The minimum absolute atomic E-state index is 0.133. The highest BCUT2D eigenvalue weighted by Gasteiger charge is 2.27. The zero-order valence-corrected chi connectivity index (χ0v) is 7.50. The third-order valence-electron chi connectivity index (χ3n) is 1.33. The molecule has 12 heavy (non-hydrogen) atoms. The molecule has 0 spiro atoms. The Morgan fingerprint density at radius 1 is 1.67 bits per heavy atom. The van der Waals surface area contributed by atoms with Gasteiger partial charge in [0, 0.05) is 18.7 Å². The summed E-state index contributed by atoms with van der Waals surface area (Å²) < 4.78 is 25.2. The molecular formula is C7H10F2N2S. The van der Waals surface area contributed by atoms with Crippen LogP contribution in [0.25, 0.3) is 0 Å². The Bertz CT molecular complexity index is 254. The molecule has 0 bridgehead atoms. The third-order valence-corrected chi connectivity index (χ3v) is 2.39. The molecule has 0 saturated heterocycles. The van der Waals surface area contributed by atoms with Crippen LogP contribution in [0.4, 0.5) is 8.78 Å². The van der Waals surface area contributed by atoms with Gasteiger partial charge in [-0.15, -0.1) is 11.3 Å². The summed E-state index contributed by atoms with van der Waals surface area (Å²) >= 11 is 0.980. The molecule has 1 aromatic heterocycles. The second-order valence-electron chi connectivity index (χ2n) is 2.57. The molecule has 2 nitrogen and oxygen atoms in total. The van der Waals surface area contributed by atoms with Crippen LogP contribution < -0.4 is 5.73 Å². The van der Waals surface area contributed by atoms with Crippen LogP contribution in [0.5, 0.6) is 0 Å². The van der Waals surface area contributed by atoms with Crippen LogP contribution in [0.1, 0.15) is 17.6 Å². The Kier molecular flexibility index (Phi) is 2.74. The SMILES string of the molecule is CC(F)(F)c1nc(CCN)cs1. The van der Waals surface area contributed by atoms with E-state index in [1.807, 2.05) is 0 Å². The van der Waals surface area contributed by atoms with Crippen molar-refractivity contribution in [3.8, 4) is 0 Å². The van der Waals surface area contributed by atoms with Gasteiger partial charge in [0.05, 0.1) is 5.69 Å². The van der Waals surface area contributed by atoms with Crippen molar-refractivity contribution in [3.05, 3.63) is 16.1 Å². The second kappa shape index (κ2) is 3.45. The first kappa shape index (κ1) is 9.54. The van der Waals surface area contributed by atoms with E-state index in [0.717, 1.165) is 18.3 Å². The zero-order chi connectivity index (χ0) is 9.19. The lowest BCUT2D eigenvalue weighted by Crippen LogP contribution is -2.07. The van der Waals surface area contributed by atoms with Crippen molar-refractivity contribution in [3.63, 3.8) is 0 Å². The zero-order valence-electron chi connectivity index (χ0n) is 6.68. The molecular weight excluding hydrogens is 182 g/mol. The van der Waals surface area contributed by atoms with E-state index in [4.69, 9.17) is 5.73 Å². The molecule has 2 N–H and O–H groups in total. The molecule has 0 aliphatic heterocycles. The molecule has 0 radical (unpaired) electrons. The monoisotopic (exact) mass is 192 g/mol. The molecule has 0 aromatic carbocycles. The van der Waals surface area contributed by atoms with Gasteiger partial charge in [0.2, 0.25) is 0 Å². The van der Waals surface area contributed by atoms with Gasteiger partial charge in [-0.1, -0.05) is 0 Å². The number of nitrogens with zero attached hydrogens (tertiary/aromatic N) is 1. The lowest BCUT2D eigenvalue weighted by Gasteiger charge is -2.03. The van der Waals surface area contributed by atoms with Gasteiger partial charge in [0.1, 0.15) is 0 Å². The Hall–Kier alpha value is -0.550. The number of aromatic nitrogens is 1. The molecule has 0 aliphatic carbocycles. The summed E-state index contributed by atoms with van der Waals surface area (Å²) in [4.78, 5) is 3.76.